The van der Waals surface area contributed by atoms with Crippen molar-refractivity contribution in [1.82, 2.24) is 4.98 Å². The quantitative estimate of drug-likeness (QED) is 0.848. The Morgan fingerprint density at radius 1 is 1.29 bits per heavy atom. The van der Waals surface area contributed by atoms with Gasteiger partial charge in [0, 0.05) is 16.6 Å². The lowest BCUT2D eigenvalue weighted by molar-refractivity contribution is 0.305. The van der Waals surface area contributed by atoms with E-state index in [1.165, 1.54) is 4.88 Å². The van der Waals surface area contributed by atoms with Crippen molar-refractivity contribution in [3.63, 3.8) is 0 Å². The maximum absolute atomic E-state index is 5.82. The number of hydrogen-bond donors (Lipinski definition) is 1. The first-order chi connectivity index (χ1) is 8.06. The molecule has 4 heteroatoms. The van der Waals surface area contributed by atoms with Gasteiger partial charge in [-0.05, 0) is 32.4 Å². The normalized spacial score (nSPS) is 10.5. The highest BCUT2D eigenvalue weighted by molar-refractivity contribution is 7.11. The Kier molecular flexibility index (Phi) is 3.33. The van der Waals surface area contributed by atoms with Crippen LogP contribution in [0.2, 0.25) is 0 Å². The minimum absolute atomic E-state index is 0.502. The van der Waals surface area contributed by atoms with E-state index < -0.39 is 0 Å². The number of hydrogen-bond acceptors (Lipinski definition) is 4. The highest BCUT2D eigenvalue weighted by atomic mass is 32.1. The van der Waals surface area contributed by atoms with E-state index in [1.807, 2.05) is 32.0 Å². The van der Waals surface area contributed by atoms with Crippen molar-refractivity contribution >= 4 is 17.0 Å². The van der Waals surface area contributed by atoms with E-state index in [1.54, 1.807) is 11.3 Å². The molecule has 0 saturated heterocycles. The summed E-state index contributed by atoms with van der Waals surface area (Å²) in [6.45, 7) is 6.56. The molecule has 0 aliphatic carbocycles. The molecular formula is C13H16N2OS. The summed E-state index contributed by atoms with van der Waals surface area (Å²) in [4.78, 5) is 5.67. The van der Waals surface area contributed by atoms with Crippen LogP contribution in [-0.2, 0) is 6.61 Å². The summed E-state index contributed by atoms with van der Waals surface area (Å²) >= 11 is 1.67. The van der Waals surface area contributed by atoms with Crippen molar-refractivity contribution in [2.45, 2.75) is 27.4 Å². The van der Waals surface area contributed by atoms with Gasteiger partial charge in [0.15, 0.2) is 0 Å². The minimum Gasteiger partial charge on any atom is -0.486 e. The summed E-state index contributed by atoms with van der Waals surface area (Å²) in [5.74, 6) is 0.790. The SMILES string of the molecule is Cc1ccc(OCc2nc(C)c(C)s2)cc1N. The number of aromatic nitrogens is 1. The van der Waals surface area contributed by atoms with Crippen molar-refractivity contribution in [2.75, 3.05) is 5.73 Å². The molecule has 0 radical (unpaired) electrons. The van der Waals surface area contributed by atoms with Crippen LogP contribution in [0.1, 0.15) is 21.1 Å². The van der Waals surface area contributed by atoms with Crippen molar-refractivity contribution < 1.29 is 4.74 Å². The zero-order valence-corrected chi connectivity index (χ0v) is 11.1. The van der Waals surface area contributed by atoms with E-state index in [-0.39, 0.29) is 0 Å². The van der Waals surface area contributed by atoms with Gasteiger partial charge in [0.25, 0.3) is 0 Å². The molecular weight excluding hydrogens is 232 g/mol. The average molecular weight is 248 g/mol. The third kappa shape index (κ3) is 2.77. The fraction of sp³-hybridized carbons (Fsp3) is 0.308. The molecule has 0 saturated carbocycles. The molecule has 90 valence electrons. The van der Waals surface area contributed by atoms with Crippen LogP contribution < -0.4 is 10.5 Å². The lowest BCUT2D eigenvalue weighted by Gasteiger charge is -2.06. The van der Waals surface area contributed by atoms with Crippen molar-refractivity contribution in [3.05, 3.63) is 39.3 Å². The molecule has 2 aromatic rings. The largest absolute Gasteiger partial charge is 0.486 e. The third-order valence-corrected chi connectivity index (χ3v) is 3.73. The molecule has 2 rings (SSSR count). The van der Waals surface area contributed by atoms with E-state index in [0.29, 0.717) is 6.61 Å². The second kappa shape index (κ2) is 4.75. The van der Waals surface area contributed by atoms with Gasteiger partial charge < -0.3 is 10.5 Å². The first-order valence-corrected chi connectivity index (χ1v) is 6.30. The number of anilines is 1. The van der Waals surface area contributed by atoms with Gasteiger partial charge in [-0.2, -0.15) is 0 Å². The predicted octanol–water partition coefficient (Wildman–Crippen LogP) is 3.23. The monoisotopic (exact) mass is 248 g/mol. The fourth-order valence-corrected chi connectivity index (χ4v) is 2.30. The lowest BCUT2D eigenvalue weighted by atomic mass is 10.2. The summed E-state index contributed by atoms with van der Waals surface area (Å²) < 4.78 is 5.66. The van der Waals surface area contributed by atoms with Gasteiger partial charge in [-0.25, -0.2) is 4.98 Å². The van der Waals surface area contributed by atoms with Crippen LogP contribution in [0.5, 0.6) is 5.75 Å². The molecule has 0 atom stereocenters. The van der Waals surface area contributed by atoms with Crippen LogP contribution in [0.3, 0.4) is 0 Å². The Morgan fingerprint density at radius 3 is 2.65 bits per heavy atom. The van der Waals surface area contributed by atoms with Gasteiger partial charge in [0.05, 0.1) is 5.69 Å². The molecule has 0 unspecified atom stereocenters. The second-order valence-corrected chi connectivity index (χ2v) is 5.34. The maximum Gasteiger partial charge on any atom is 0.140 e. The zero-order valence-electron chi connectivity index (χ0n) is 10.3. The molecule has 2 N–H and O–H groups in total. The Hall–Kier alpha value is -1.55. The highest BCUT2D eigenvalue weighted by Crippen LogP contribution is 2.22. The number of rotatable bonds is 3. The van der Waals surface area contributed by atoms with Gasteiger partial charge in [0.1, 0.15) is 17.4 Å². The first kappa shape index (κ1) is 11.9. The molecule has 1 aromatic heterocycles. The van der Waals surface area contributed by atoms with Gasteiger partial charge in [-0.1, -0.05) is 6.07 Å². The fourth-order valence-electron chi connectivity index (χ4n) is 1.45. The van der Waals surface area contributed by atoms with Crippen LogP contribution >= 0.6 is 11.3 Å². The molecule has 1 heterocycles. The van der Waals surface area contributed by atoms with Crippen LogP contribution in [0.4, 0.5) is 5.69 Å². The third-order valence-electron chi connectivity index (χ3n) is 2.69. The Morgan fingerprint density at radius 2 is 2.06 bits per heavy atom. The first-order valence-electron chi connectivity index (χ1n) is 5.48. The highest BCUT2D eigenvalue weighted by Gasteiger charge is 2.04. The Bertz CT molecular complexity index is 515. The van der Waals surface area contributed by atoms with Gasteiger partial charge in [0.2, 0.25) is 0 Å². The second-order valence-electron chi connectivity index (χ2n) is 4.06. The van der Waals surface area contributed by atoms with E-state index in [2.05, 4.69) is 11.9 Å². The zero-order chi connectivity index (χ0) is 12.4. The van der Waals surface area contributed by atoms with Gasteiger partial charge >= 0.3 is 0 Å². The van der Waals surface area contributed by atoms with E-state index >= 15 is 0 Å². The summed E-state index contributed by atoms with van der Waals surface area (Å²) in [7, 11) is 0. The number of aryl methyl sites for hydroxylation is 3. The molecule has 17 heavy (non-hydrogen) atoms. The molecule has 0 spiro atoms. The maximum atomic E-state index is 5.82. The summed E-state index contributed by atoms with van der Waals surface area (Å²) in [5.41, 5.74) is 8.73. The summed E-state index contributed by atoms with van der Waals surface area (Å²) in [5, 5.41) is 0.999. The van der Waals surface area contributed by atoms with Crippen molar-refractivity contribution in [3.8, 4) is 5.75 Å². The number of nitrogens with zero attached hydrogens (tertiary/aromatic N) is 1. The van der Waals surface area contributed by atoms with E-state index in [4.69, 9.17) is 10.5 Å². The standard InChI is InChI=1S/C13H16N2OS/c1-8-4-5-11(6-12(8)14)16-7-13-15-9(2)10(3)17-13/h4-6H,7,14H2,1-3H3. The van der Waals surface area contributed by atoms with Crippen molar-refractivity contribution in [1.29, 1.82) is 0 Å². The summed E-state index contributed by atoms with van der Waals surface area (Å²) in [6, 6.07) is 5.74. The van der Waals surface area contributed by atoms with Crippen LogP contribution in [0.25, 0.3) is 0 Å². The smallest absolute Gasteiger partial charge is 0.140 e. The molecule has 0 fully saturated rings. The molecule has 0 bridgehead atoms. The van der Waals surface area contributed by atoms with Crippen molar-refractivity contribution in [2.24, 2.45) is 0 Å². The molecule has 1 aromatic carbocycles. The number of ether oxygens (including phenoxy) is 1. The number of nitrogens with two attached hydrogens (primary N) is 1. The van der Waals surface area contributed by atoms with Crippen LogP contribution in [0, 0.1) is 20.8 Å². The molecule has 0 aliphatic heterocycles. The van der Waals surface area contributed by atoms with E-state index in [0.717, 1.165) is 27.7 Å². The van der Waals surface area contributed by atoms with E-state index in [9.17, 15) is 0 Å². The number of benzene rings is 1. The summed E-state index contributed by atoms with van der Waals surface area (Å²) in [6.07, 6.45) is 0. The van der Waals surface area contributed by atoms with Gasteiger partial charge in [-0.3, -0.25) is 0 Å². The molecule has 3 nitrogen and oxygen atoms in total. The van der Waals surface area contributed by atoms with Crippen LogP contribution in [-0.4, -0.2) is 4.98 Å². The Labute approximate surface area is 105 Å². The molecule has 0 aliphatic rings. The molecule has 0 amide bonds. The topological polar surface area (TPSA) is 48.1 Å². The van der Waals surface area contributed by atoms with Crippen LogP contribution in [0.15, 0.2) is 18.2 Å². The lowest BCUT2D eigenvalue weighted by Crippen LogP contribution is -1.96. The van der Waals surface area contributed by atoms with Gasteiger partial charge in [-0.15, -0.1) is 11.3 Å². The predicted molar refractivity (Wildman–Crippen MR) is 71.5 cm³/mol. The minimum atomic E-state index is 0.502. The number of thiazole rings is 1. The Balaban J connectivity index is 2.04. The average Bonchev–Trinajstić information content (AvgIpc) is 2.60. The number of nitrogen functional groups attached to an aromatic ring is 1.